The molecule has 1 N–H and O–H groups in total. The van der Waals surface area contributed by atoms with Crippen LogP contribution in [0, 0.1) is 5.92 Å². The van der Waals surface area contributed by atoms with Gasteiger partial charge in [-0.1, -0.05) is 0 Å². The molecule has 1 saturated heterocycles. The van der Waals surface area contributed by atoms with Gasteiger partial charge in [0.25, 0.3) is 0 Å². The first-order chi connectivity index (χ1) is 7.80. The van der Waals surface area contributed by atoms with Gasteiger partial charge >= 0.3 is 12.1 Å². The standard InChI is InChI=1S/C10H14F3NO3/c11-10(12,13)7-3-4-8(15)14(6-7)5-1-2-9(16)17/h7H,1-6H2,(H,16,17). The third kappa shape index (κ3) is 4.24. The number of carbonyl (C=O) groups is 2. The number of hydrogen-bond acceptors (Lipinski definition) is 2. The van der Waals surface area contributed by atoms with E-state index in [0.29, 0.717) is 0 Å². The number of hydrogen-bond donors (Lipinski definition) is 1. The quantitative estimate of drug-likeness (QED) is 0.828. The zero-order valence-electron chi connectivity index (χ0n) is 9.16. The normalized spacial score (nSPS) is 21.7. The fourth-order valence-electron chi connectivity index (χ4n) is 1.82. The first-order valence-corrected chi connectivity index (χ1v) is 5.37. The second-order valence-electron chi connectivity index (χ2n) is 4.11. The molecule has 0 bridgehead atoms. The topological polar surface area (TPSA) is 57.6 Å². The molecule has 1 aliphatic rings. The maximum absolute atomic E-state index is 12.5. The Balaban J connectivity index is 2.46. The van der Waals surface area contributed by atoms with Crippen LogP contribution in [-0.4, -0.2) is 41.1 Å². The number of carboxylic acids is 1. The van der Waals surface area contributed by atoms with Crippen LogP contribution in [0.3, 0.4) is 0 Å². The van der Waals surface area contributed by atoms with E-state index in [1.54, 1.807) is 0 Å². The average molecular weight is 253 g/mol. The first kappa shape index (κ1) is 13.8. The highest BCUT2D eigenvalue weighted by atomic mass is 19.4. The molecule has 7 heteroatoms. The summed E-state index contributed by atoms with van der Waals surface area (Å²) in [5.41, 5.74) is 0. The number of carbonyl (C=O) groups excluding carboxylic acids is 1. The van der Waals surface area contributed by atoms with Gasteiger partial charge in [0.2, 0.25) is 5.91 Å². The molecular formula is C10H14F3NO3. The van der Waals surface area contributed by atoms with E-state index < -0.39 is 18.1 Å². The van der Waals surface area contributed by atoms with Gasteiger partial charge < -0.3 is 10.0 Å². The maximum Gasteiger partial charge on any atom is 0.393 e. The van der Waals surface area contributed by atoms with Crippen LogP contribution < -0.4 is 0 Å². The Hall–Kier alpha value is -1.27. The van der Waals surface area contributed by atoms with Crippen molar-refractivity contribution in [3.05, 3.63) is 0 Å². The lowest BCUT2D eigenvalue weighted by molar-refractivity contribution is -0.189. The second kappa shape index (κ2) is 5.37. The van der Waals surface area contributed by atoms with Crippen LogP contribution in [0.25, 0.3) is 0 Å². The molecule has 0 aliphatic carbocycles. The number of rotatable bonds is 4. The minimum Gasteiger partial charge on any atom is -0.481 e. The molecule has 1 rings (SSSR count). The molecule has 0 saturated carbocycles. The van der Waals surface area contributed by atoms with Gasteiger partial charge in [0, 0.05) is 25.9 Å². The van der Waals surface area contributed by atoms with Crippen molar-refractivity contribution >= 4 is 11.9 Å². The van der Waals surface area contributed by atoms with E-state index in [1.165, 1.54) is 0 Å². The lowest BCUT2D eigenvalue weighted by atomic mass is 9.97. The minimum atomic E-state index is -4.29. The van der Waals surface area contributed by atoms with Gasteiger partial charge in [-0.15, -0.1) is 0 Å². The number of piperidine rings is 1. The van der Waals surface area contributed by atoms with Gasteiger partial charge in [0.15, 0.2) is 0 Å². The molecule has 1 amide bonds. The van der Waals surface area contributed by atoms with Gasteiger partial charge in [-0.3, -0.25) is 9.59 Å². The number of halogens is 3. The van der Waals surface area contributed by atoms with Gasteiger partial charge in [-0.2, -0.15) is 13.2 Å². The fourth-order valence-corrected chi connectivity index (χ4v) is 1.82. The summed E-state index contributed by atoms with van der Waals surface area (Å²) in [4.78, 5) is 22.7. The summed E-state index contributed by atoms with van der Waals surface area (Å²) in [6, 6.07) is 0. The van der Waals surface area contributed by atoms with Crippen molar-refractivity contribution in [1.82, 2.24) is 4.90 Å². The van der Waals surface area contributed by atoms with Crippen molar-refractivity contribution in [3.8, 4) is 0 Å². The predicted octanol–water partition coefficient (Wildman–Crippen LogP) is 1.65. The van der Waals surface area contributed by atoms with Crippen LogP contribution in [0.4, 0.5) is 13.2 Å². The van der Waals surface area contributed by atoms with Crippen molar-refractivity contribution < 1.29 is 27.9 Å². The SMILES string of the molecule is O=C(O)CCCN1CC(C(F)(F)F)CCC1=O. The number of alkyl halides is 3. The second-order valence-corrected chi connectivity index (χ2v) is 4.11. The molecule has 1 aliphatic heterocycles. The summed E-state index contributed by atoms with van der Waals surface area (Å²) in [6.07, 6.45) is -4.52. The van der Waals surface area contributed by atoms with Crippen LogP contribution in [-0.2, 0) is 9.59 Å². The van der Waals surface area contributed by atoms with Gasteiger partial charge in [0.05, 0.1) is 5.92 Å². The largest absolute Gasteiger partial charge is 0.481 e. The van der Waals surface area contributed by atoms with Crippen molar-refractivity contribution in [2.75, 3.05) is 13.1 Å². The Morgan fingerprint density at radius 3 is 2.65 bits per heavy atom. The number of amides is 1. The molecular weight excluding hydrogens is 239 g/mol. The van der Waals surface area contributed by atoms with Crippen molar-refractivity contribution in [2.24, 2.45) is 5.92 Å². The minimum absolute atomic E-state index is 0.0811. The summed E-state index contributed by atoms with van der Waals surface area (Å²) in [7, 11) is 0. The van der Waals surface area contributed by atoms with E-state index in [-0.39, 0.29) is 44.7 Å². The number of carboxylic acid groups (broad SMARTS) is 1. The lowest BCUT2D eigenvalue weighted by Gasteiger charge is -2.33. The third-order valence-electron chi connectivity index (χ3n) is 2.78. The van der Waals surface area contributed by atoms with Gasteiger partial charge in [-0.25, -0.2) is 0 Å². The summed E-state index contributed by atoms with van der Waals surface area (Å²) in [6.45, 7) is -0.264. The van der Waals surface area contributed by atoms with Crippen molar-refractivity contribution in [2.45, 2.75) is 31.9 Å². The number of aliphatic carboxylic acids is 1. The summed E-state index contributed by atoms with van der Waals surface area (Å²) in [5, 5.41) is 8.41. The van der Waals surface area contributed by atoms with Crippen LogP contribution in [0.5, 0.6) is 0 Å². The Labute approximate surface area is 96.4 Å². The first-order valence-electron chi connectivity index (χ1n) is 5.37. The molecule has 1 unspecified atom stereocenters. The van der Waals surface area contributed by atoms with Gasteiger partial charge in [-0.05, 0) is 12.8 Å². The van der Waals surface area contributed by atoms with E-state index in [1.807, 2.05) is 0 Å². The fraction of sp³-hybridized carbons (Fsp3) is 0.800. The molecule has 1 heterocycles. The molecule has 0 aromatic heterocycles. The predicted molar refractivity (Wildman–Crippen MR) is 52.2 cm³/mol. The Morgan fingerprint density at radius 2 is 2.12 bits per heavy atom. The van der Waals surface area contributed by atoms with Crippen molar-refractivity contribution in [3.63, 3.8) is 0 Å². The highest BCUT2D eigenvalue weighted by Crippen LogP contribution is 2.33. The van der Waals surface area contributed by atoms with E-state index >= 15 is 0 Å². The molecule has 0 aromatic carbocycles. The summed E-state index contributed by atoms with van der Waals surface area (Å²) < 4.78 is 37.4. The van der Waals surface area contributed by atoms with Crippen LogP contribution in [0.2, 0.25) is 0 Å². The average Bonchev–Trinajstić information content (AvgIpc) is 2.18. The summed E-state index contributed by atoms with van der Waals surface area (Å²) in [5.74, 6) is -2.82. The molecule has 98 valence electrons. The molecule has 0 aromatic rings. The van der Waals surface area contributed by atoms with E-state index in [9.17, 15) is 22.8 Å². The smallest absolute Gasteiger partial charge is 0.393 e. The maximum atomic E-state index is 12.5. The Bertz CT molecular complexity index is 304. The third-order valence-corrected chi connectivity index (χ3v) is 2.78. The Morgan fingerprint density at radius 1 is 1.47 bits per heavy atom. The molecule has 1 atom stereocenters. The summed E-state index contributed by atoms with van der Waals surface area (Å²) >= 11 is 0. The zero-order valence-corrected chi connectivity index (χ0v) is 9.16. The molecule has 0 spiro atoms. The lowest BCUT2D eigenvalue weighted by Crippen LogP contribution is -2.45. The van der Waals surface area contributed by atoms with Crippen LogP contribution >= 0.6 is 0 Å². The van der Waals surface area contributed by atoms with Crippen molar-refractivity contribution in [1.29, 1.82) is 0 Å². The van der Waals surface area contributed by atoms with E-state index in [4.69, 9.17) is 5.11 Å². The molecule has 17 heavy (non-hydrogen) atoms. The molecule has 1 fully saturated rings. The Kier molecular flexibility index (Phi) is 4.36. The number of nitrogens with zero attached hydrogens (tertiary/aromatic N) is 1. The van der Waals surface area contributed by atoms with E-state index in [0.717, 1.165) is 4.90 Å². The van der Waals surface area contributed by atoms with Crippen LogP contribution in [0.1, 0.15) is 25.7 Å². The number of likely N-dealkylation sites (tertiary alicyclic amines) is 1. The van der Waals surface area contributed by atoms with E-state index in [2.05, 4.69) is 0 Å². The monoisotopic (exact) mass is 253 g/mol. The van der Waals surface area contributed by atoms with Gasteiger partial charge in [0.1, 0.15) is 0 Å². The molecule has 0 radical (unpaired) electrons. The van der Waals surface area contributed by atoms with Crippen LogP contribution in [0.15, 0.2) is 0 Å². The highest BCUT2D eigenvalue weighted by molar-refractivity contribution is 5.77. The molecule has 4 nitrogen and oxygen atoms in total. The zero-order chi connectivity index (χ0) is 13.1. The highest BCUT2D eigenvalue weighted by Gasteiger charge is 2.43.